The third-order valence-corrected chi connectivity index (χ3v) is 3.87. The maximum absolute atomic E-state index is 13.6. The molecule has 112 valence electrons. The van der Waals surface area contributed by atoms with Crippen molar-refractivity contribution in [1.82, 2.24) is 4.90 Å². The second kappa shape index (κ2) is 5.92. The SMILES string of the molecule is CC(=O)c1cc(F)cc(CN(C)C(C)C(C)(C)C)c1O. The Morgan fingerprint density at radius 2 is 1.95 bits per heavy atom. The third-order valence-electron chi connectivity index (χ3n) is 3.87. The molecule has 0 radical (unpaired) electrons. The number of ketones is 1. The van der Waals surface area contributed by atoms with E-state index in [1.807, 2.05) is 11.9 Å². The Morgan fingerprint density at radius 1 is 1.40 bits per heavy atom. The van der Waals surface area contributed by atoms with Crippen molar-refractivity contribution >= 4 is 5.78 Å². The highest BCUT2D eigenvalue weighted by molar-refractivity contribution is 5.97. The summed E-state index contributed by atoms with van der Waals surface area (Å²) in [6.07, 6.45) is 0. The highest BCUT2D eigenvalue weighted by Crippen LogP contribution is 2.29. The van der Waals surface area contributed by atoms with Crippen LogP contribution in [0.2, 0.25) is 0 Å². The smallest absolute Gasteiger partial charge is 0.163 e. The Hall–Kier alpha value is -1.42. The highest BCUT2D eigenvalue weighted by atomic mass is 19.1. The summed E-state index contributed by atoms with van der Waals surface area (Å²) >= 11 is 0. The Kier molecular flexibility index (Phi) is 4.92. The van der Waals surface area contributed by atoms with E-state index < -0.39 is 5.82 Å². The standard InChI is InChI=1S/C16H24FNO2/c1-10(19)14-8-13(17)7-12(15(14)20)9-18(6)11(2)16(3,4)5/h7-8,11,20H,9H2,1-6H3. The van der Waals surface area contributed by atoms with Gasteiger partial charge in [-0.15, -0.1) is 0 Å². The highest BCUT2D eigenvalue weighted by Gasteiger charge is 2.25. The second-order valence-electron chi connectivity index (χ2n) is 6.47. The number of halogens is 1. The molecule has 0 aliphatic heterocycles. The summed E-state index contributed by atoms with van der Waals surface area (Å²) in [5.74, 6) is -0.957. The van der Waals surface area contributed by atoms with Crippen LogP contribution in [0.5, 0.6) is 5.75 Å². The van der Waals surface area contributed by atoms with Crippen molar-refractivity contribution in [3.05, 3.63) is 29.1 Å². The van der Waals surface area contributed by atoms with E-state index in [2.05, 4.69) is 27.7 Å². The molecule has 0 aliphatic carbocycles. The van der Waals surface area contributed by atoms with Gasteiger partial charge in [0, 0.05) is 18.2 Å². The molecule has 0 amide bonds. The first-order valence-electron chi connectivity index (χ1n) is 6.76. The van der Waals surface area contributed by atoms with E-state index in [1.54, 1.807) is 0 Å². The number of phenols is 1. The number of phenolic OH excluding ortho intramolecular Hbond substituents is 1. The van der Waals surface area contributed by atoms with E-state index in [1.165, 1.54) is 13.0 Å². The van der Waals surface area contributed by atoms with Crippen LogP contribution in [-0.2, 0) is 6.54 Å². The van der Waals surface area contributed by atoms with Crippen LogP contribution < -0.4 is 0 Å². The van der Waals surface area contributed by atoms with Gasteiger partial charge in [0.05, 0.1) is 5.56 Å². The van der Waals surface area contributed by atoms with Crippen molar-refractivity contribution in [1.29, 1.82) is 0 Å². The fourth-order valence-electron chi connectivity index (χ4n) is 2.11. The molecule has 0 bridgehead atoms. The summed E-state index contributed by atoms with van der Waals surface area (Å²) in [4.78, 5) is 13.4. The zero-order valence-corrected chi connectivity index (χ0v) is 13.1. The maximum Gasteiger partial charge on any atom is 0.163 e. The van der Waals surface area contributed by atoms with Crippen LogP contribution in [-0.4, -0.2) is 28.9 Å². The molecule has 1 aromatic carbocycles. The lowest BCUT2D eigenvalue weighted by molar-refractivity contribution is 0.101. The molecule has 0 saturated carbocycles. The van der Waals surface area contributed by atoms with Gasteiger partial charge in [0.15, 0.2) is 5.78 Å². The van der Waals surface area contributed by atoms with Crippen LogP contribution in [0.4, 0.5) is 4.39 Å². The molecule has 1 aromatic rings. The molecule has 1 unspecified atom stereocenters. The van der Waals surface area contributed by atoms with E-state index in [9.17, 15) is 14.3 Å². The first-order valence-corrected chi connectivity index (χ1v) is 6.76. The van der Waals surface area contributed by atoms with E-state index in [-0.39, 0.29) is 28.6 Å². The van der Waals surface area contributed by atoms with Crippen LogP contribution in [0.25, 0.3) is 0 Å². The molecule has 4 heteroatoms. The van der Waals surface area contributed by atoms with Gasteiger partial charge in [0.1, 0.15) is 11.6 Å². The lowest BCUT2D eigenvalue weighted by Gasteiger charge is -2.35. The molecule has 0 heterocycles. The molecule has 0 saturated heterocycles. The Labute approximate surface area is 120 Å². The summed E-state index contributed by atoms with van der Waals surface area (Å²) < 4.78 is 13.6. The van der Waals surface area contributed by atoms with E-state index in [4.69, 9.17) is 0 Å². The van der Waals surface area contributed by atoms with Crippen molar-refractivity contribution < 1.29 is 14.3 Å². The molecule has 0 aromatic heterocycles. The molecule has 1 N–H and O–H groups in total. The largest absolute Gasteiger partial charge is 0.507 e. The lowest BCUT2D eigenvalue weighted by Crippen LogP contribution is -2.38. The molecule has 20 heavy (non-hydrogen) atoms. The predicted molar refractivity (Wildman–Crippen MR) is 78.5 cm³/mol. The molecule has 0 fully saturated rings. The first-order chi connectivity index (χ1) is 9.04. The van der Waals surface area contributed by atoms with Gasteiger partial charge in [-0.25, -0.2) is 4.39 Å². The number of aromatic hydroxyl groups is 1. The van der Waals surface area contributed by atoms with Crippen LogP contribution in [0.3, 0.4) is 0 Å². The molecular weight excluding hydrogens is 257 g/mol. The fourth-order valence-corrected chi connectivity index (χ4v) is 2.11. The zero-order chi connectivity index (χ0) is 15.7. The van der Waals surface area contributed by atoms with Gasteiger partial charge >= 0.3 is 0 Å². The number of carbonyl (C=O) groups excluding carboxylic acids is 1. The zero-order valence-electron chi connectivity index (χ0n) is 13.1. The van der Waals surface area contributed by atoms with Crippen LogP contribution in [0.15, 0.2) is 12.1 Å². The molecule has 3 nitrogen and oxygen atoms in total. The van der Waals surface area contributed by atoms with Crippen molar-refractivity contribution in [2.24, 2.45) is 5.41 Å². The molecular formula is C16H24FNO2. The number of carbonyl (C=O) groups is 1. The van der Waals surface area contributed by atoms with Crippen LogP contribution >= 0.6 is 0 Å². The van der Waals surface area contributed by atoms with Gasteiger partial charge in [-0.3, -0.25) is 9.69 Å². The van der Waals surface area contributed by atoms with Gasteiger partial charge in [-0.2, -0.15) is 0 Å². The Morgan fingerprint density at radius 3 is 2.40 bits per heavy atom. The van der Waals surface area contributed by atoms with Gasteiger partial charge in [0.2, 0.25) is 0 Å². The number of hydrogen-bond acceptors (Lipinski definition) is 3. The fraction of sp³-hybridized carbons (Fsp3) is 0.562. The van der Waals surface area contributed by atoms with E-state index in [0.29, 0.717) is 12.1 Å². The van der Waals surface area contributed by atoms with E-state index >= 15 is 0 Å². The maximum atomic E-state index is 13.6. The Balaban J connectivity index is 3.07. The Bertz CT molecular complexity index is 506. The average Bonchev–Trinajstić information content (AvgIpc) is 2.30. The minimum absolute atomic E-state index is 0.0387. The van der Waals surface area contributed by atoms with Gasteiger partial charge < -0.3 is 5.11 Å². The second-order valence-corrected chi connectivity index (χ2v) is 6.47. The van der Waals surface area contributed by atoms with Crippen molar-refractivity contribution in [3.63, 3.8) is 0 Å². The van der Waals surface area contributed by atoms with Crippen LogP contribution in [0.1, 0.15) is 50.5 Å². The van der Waals surface area contributed by atoms with E-state index in [0.717, 1.165) is 6.07 Å². The number of hydrogen-bond donors (Lipinski definition) is 1. The topological polar surface area (TPSA) is 40.5 Å². The van der Waals surface area contributed by atoms with Gasteiger partial charge in [-0.1, -0.05) is 20.8 Å². The average molecular weight is 281 g/mol. The van der Waals surface area contributed by atoms with Crippen molar-refractivity contribution in [2.45, 2.75) is 47.2 Å². The summed E-state index contributed by atoms with van der Waals surface area (Å²) in [5, 5.41) is 10.1. The minimum Gasteiger partial charge on any atom is -0.507 e. The number of rotatable bonds is 4. The molecule has 1 rings (SSSR count). The summed E-state index contributed by atoms with van der Waals surface area (Å²) in [5.41, 5.74) is 0.548. The normalized spacial score (nSPS) is 13.6. The third kappa shape index (κ3) is 3.79. The predicted octanol–water partition coefficient (Wildman–Crippen LogP) is 3.60. The number of Topliss-reactive ketones (excluding diaryl/α,β-unsaturated/α-hetero) is 1. The minimum atomic E-state index is -0.500. The van der Waals surface area contributed by atoms with Gasteiger partial charge in [-0.05, 0) is 38.4 Å². The van der Waals surface area contributed by atoms with Crippen molar-refractivity contribution in [3.8, 4) is 5.75 Å². The summed E-state index contributed by atoms with van der Waals surface area (Å²) in [6.45, 7) is 10.2. The summed E-state index contributed by atoms with van der Waals surface area (Å²) in [7, 11) is 1.92. The number of nitrogens with zero attached hydrogens (tertiary/aromatic N) is 1. The monoisotopic (exact) mass is 281 g/mol. The van der Waals surface area contributed by atoms with Gasteiger partial charge in [0.25, 0.3) is 0 Å². The molecule has 1 atom stereocenters. The molecule has 0 aliphatic rings. The molecule has 0 spiro atoms. The first kappa shape index (κ1) is 16.6. The lowest BCUT2D eigenvalue weighted by atomic mass is 9.87. The number of benzene rings is 1. The van der Waals surface area contributed by atoms with Crippen LogP contribution in [0, 0.1) is 11.2 Å². The summed E-state index contributed by atoms with van der Waals surface area (Å²) in [6, 6.07) is 2.60. The van der Waals surface area contributed by atoms with Crippen molar-refractivity contribution in [2.75, 3.05) is 7.05 Å². The quantitative estimate of drug-likeness (QED) is 0.857.